The molecule has 0 amide bonds. The Hall–Kier alpha value is -2.18. The van der Waals surface area contributed by atoms with Gasteiger partial charge in [-0.2, -0.15) is 0 Å². The van der Waals surface area contributed by atoms with Gasteiger partial charge in [0.25, 0.3) is 0 Å². The molecule has 0 saturated heterocycles. The highest BCUT2D eigenvalue weighted by atomic mass is 16.7. The predicted octanol–water partition coefficient (Wildman–Crippen LogP) is 3.59. The predicted molar refractivity (Wildman–Crippen MR) is 79.4 cm³/mol. The molecule has 0 saturated carbocycles. The smallest absolute Gasteiger partial charge is 0.434 e. The van der Waals surface area contributed by atoms with E-state index in [1.54, 1.807) is 13.8 Å². The SMILES string of the molecule is CCOC(=O)Oc1[nH]c(C)c(CC(C)C)c1OC(=O)OCC. The second-order valence-electron chi connectivity index (χ2n) is 5.05. The highest BCUT2D eigenvalue weighted by Gasteiger charge is 2.24. The third-order valence-electron chi connectivity index (χ3n) is 2.74. The lowest BCUT2D eigenvalue weighted by atomic mass is 10.0. The molecule has 0 radical (unpaired) electrons. The quantitative estimate of drug-likeness (QED) is 0.808. The topological polar surface area (TPSA) is 86.9 Å². The van der Waals surface area contributed by atoms with Crippen LogP contribution in [0.2, 0.25) is 0 Å². The molecular weight excluding hydrogens is 290 g/mol. The molecule has 0 bridgehead atoms. The van der Waals surface area contributed by atoms with Crippen LogP contribution in [0.1, 0.15) is 39.0 Å². The van der Waals surface area contributed by atoms with Gasteiger partial charge in [-0.3, -0.25) is 0 Å². The summed E-state index contributed by atoms with van der Waals surface area (Å²) in [6, 6.07) is 0. The summed E-state index contributed by atoms with van der Waals surface area (Å²) < 4.78 is 19.8. The third-order valence-corrected chi connectivity index (χ3v) is 2.74. The fourth-order valence-corrected chi connectivity index (χ4v) is 1.90. The van der Waals surface area contributed by atoms with Crippen molar-refractivity contribution in [1.29, 1.82) is 0 Å². The number of aryl methyl sites for hydroxylation is 1. The molecule has 0 aliphatic carbocycles. The first-order valence-electron chi connectivity index (χ1n) is 7.29. The maximum absolute atomic E-state index is 11.6. The average Bonchev–Trinajstić information content (AvgIpc) is 2.67. The molecular formula is C15H23NO6. The highest BCUT2D eigenvalue weighted by molar-refractivity contribution is 5.69. The van der Waals surface area contributed by atoms with Gasteiger partial charge in [0.1, 0.15) is 0 Å². The Bertz CT molecular complexity index is 520. The van der Waals surface area contributed by atoms with Gasteiger partial charge in [-0.25, -0.2) is 9.59 Å². The largest absolute Gasteiger partial charge is 0.515 e. The zero-order chi connectivity index (χ0) is 16.7. The Balaban J connectivity index is 3.08. The van der Waals surface area contributed by atoms with Gasteiger partial charge >= 0.3 is 12.3 Å². The number of hydrogen-bond acceptors (Lipinski definition) is 6. The molecule has 1 aromatic heterocycles. The minimum atomic E-state index is -0.867. The Morgan fingerprint density at radius 3 is 2.09 bits per heavy atom. The minimum absolute atomic E-state index is 0.0413. The van der Waals surface area contributed by atoms with Gasteiger partial charge in [-0.15, -0.1) is 0 Å². The molecule has 0 aliphatic heterocycles. The number of aromatic amines is 1. The lowest BCUT2D eigenvalue weighted by Crippen LogP contribution is -2.14. The zero-order valence-electron chi connectivity index (χ0n) is 13.6. The Morgan fingerprint density at radius 1 is 1.05 bits per heavy atom. The minimum Gasteiger partial charge on any atom is -0.434 e. The monoisotopic (exact) mass is 313 g/mol. The number of nitrogens with one attached hydrogen (secondary N) is 1. The molecule has 1 N–H and O–H groups in total. The van der Waals surface area contributed by atoms with Crippen molar-refractivity contribution < 1.29 is 28.5 Å². The maximum atomic E-state index is 11.6. The molecule has 0 spiro atoms. The fraction of sp³-hybridized carbons (Fsp3) is 0.600. The first-order chi connectivity index (χ1) is 10.4. The van der Waals surface area contributed by atoms with Crippen molar-refractivity contribution >= 4 is 12.3 Å². The molecule has 0 aliphatic rings. The van der Waals surface area contributed by atoms with Crippen LogP contribution in [-0.4, -0.2) is 30.5 Å². The van der Waals surface area contributed by atoms with Crippen LogP contribution in [0.5, 0.6) is 11.6 Å². The van der Waals surface area contributed by atoms with E-state index in [0.29, 0.717) is 12.3 Å². The molecule has 7 nitrogen and oxygen atoms in total. The van der Waals surface area contributed by atoms with Gasteiger partial charge < -0.3 is 23.9 Å². The van der Waals surface area contributed by atoms with E-state index in [9.17, 15) is 9.59 Å². The molecule has 0 aromatic carbocycles. The molecule has 1 heterocycles. The molecule has 0 fully saturated rings. The number of carbonyl (C=O) groups is 2. The summed E-state index contributed by atoms with van der Waals surface area (Å²) in [6.45, 7) is 9.60. The van der Waals surface area contributed by atoms with Gasteiger partial charge in [0.05, 0.1) is 13.2 Å². The summed E-state index contributed by atoms with van der Waals surface area (Å²) >= 11 is 0. The van der Waals surface area contributed by atoms with Crippen molar-refractivity contribution in [2.24, 2.45) is 5.92 Å². The van der Waals surface area contributed by atoms with Crippen molar-refractivity contribution in [2.45, 2.75) is 41.0 Å². The van der Waals surface area contributed by atoms with E-state index >= 15 is 0 Å². The molecule has 124 valence electrons. The van der Waals surface area contributed by atoms with Crippen LogP contribution in [0, 0.1) is 12.8 Å². The molecule has 0 atom stereocenters. The van der Waals surface area contributed by atoms with Gasteiger partial charge in [-0.05, 0) is 33.1 Å². The van der Waals surface area contributed by atoms with Crippen molar-refractivity contribution in [3.8, 4) is 11.6 Å². The second kappa shape index (κ2) is 8.31. The summed E-state index contributed by atoms with van der Waals surface area (Å²) in [5.41, 5.74) is 1.52. The summed E-state index contributed by atoms with van der Waals surface area (Å²) in [4.78, 5) is 26.0. The fourth-order valence-electron chi connectivity index (χ4n) is 1.90. The Kier molecular flexibility index (Phi) is 6.75. The first kappa shape index (κ1) is 17.9. The standard InChI is InChI=1S/C15H23NO6/c1-6-19-14(17)21-12-11(8-9(3)4)10(5)16-13(12)22-15(18)20-7-2/h9,16H,6-8H2,1-5H3. The molecule has 1 aromatic rings. The summed E-state index contributed by atoms with van der Waals surface area (Å²) in [5.74, 6) is 0.534. The molecule has 22 heavy (non-hydrogen) atoms. The van der Waals surface area contributed by atoms with Crippen molar-refractivity contribution in [2.75, 3.05) is 13.2 Å². The number of H-pyrrole nitrogens is 1. The van der Waals surface area contributed by atoms with E-state index in [2.05, 4.69) is 4.98 Å². The van der Waals surface area contributed by atoms with Crippen LogP contribution in [0.25, 0.3) is 0 Å². The lowest BCUT2D eigenvalue weighted by molar-refractivity contribution is 0.0928. The average molecular weight is 313 g/mol. The third kappa shape index (κ3) is 4.98. The van der Waals surface area contributed by atoms with E-state index in [4.69, 9.17) is 18.9 Å². The van der Waals surface area contributed by atoms with E-state index in [0.717, 1.165) is 11.3 Å². The molecule has 0 unspecified atom stereocenters. The number of carbonyl (C=O) groups excluding carboxylic acids is 2. The number of rotatable bonds is 6. The van der Waals surface area contributed by atoms with Gasteiger partial charge in [0, 0.05) is 11.3 Å². The normalized spacial score (nSPS) is 10.5. The van der Waals surface area contributed by atoms with Crippen molar-refractivity contribution in [3.05, 3.63) is 11.3 Å². The first-order valence-corrected chi connectivity index (χ1v) is 7.29. The molecule has 7 heteroatoms. The number of hydrogen-bond donors (Lipinski definition) is 1. The van der Waals surface area contributed by atoms with E-state index in [-0.39, 0.29) is 24.8 Å². The summed E-state index contributed by atoms with van der Waals surface area (Å²) in [7, 11) is 0. The molecule has 1 rings (SSSR count). The van der Waals surface area contributed by atoms with Crippen LogP contribution in [0.4, 0.5) is 9.59 Å². The highest BCUT2D eigenvalue weighted by Crippen LogP contribution is 2.36. The lowest BCUT2D eigenvalue weighted by Gasteiger charge is -2.10. The van der Waals surface area contributed by atoms with Crippen LogP contribution in [0.3, 0.4) is 0 Å². The van der Waals surface area contributed by atoms with Gasteiger partial charge in [0.2, 0.25) is 5.88 Å². The van der Waals surface area contributed by atoms with Crippen LogP contribution < -0.4 is 9.47 Å². The van der Waals surface area contributed by atoms with Crippen molar-refractivity contribution in [1.82, 2.24) is 4.98 Å². The zero-order valence-corrected chi connectivity index (χ0v) is 13.6. The van der Waals surface area contributed by atoms with Gasteiger partial charge in [0.15, 0.2) is 5.75 Å². The second-order valence-corrected chi connectivity index (χ2v) is 5.05. The van der Waals surface area contributed by atoms with Crippen molar-refractivity contribution in [3.63, 3.8) is 0 Å². The summed E-state index contributed by atoms with van der Waals surface area (Å²) in [6.07, 6.45) is -1.06. The van der Waals surface area contributed by atoms with Crippen LogP contribution in [0.15, 0.2) is 0 Å². The number of aromatic nitrogens is 1. The van der Waals surface area contributed by atoms with Crippen LogP contribution >= 0.6 is 0 Å². The van der Waals surface area contributed by atoms with Gasteiger partial charge in [-0.1, -0.05) is 13.8 Å². The van der Waals surface area contributed by atoms with Crippen LogP contribution in [-0.2, 0) is 15.9 Å². The van der Waals surface area contributed by atoms with E-state index in [1.807, 2.05) is 20.8 Å². The maximum Gasteiger partial charge on any atom is 0.515 e. The number of ether oxygens (including phenoxy) is 4. The summed E-state index contributed by atoms with van der Waals surface area (Å²) in [5, 5.41) is 0. The Morgan fingerprint density at radius 2 is 1.59 bits per heavy atom. The van der Waals surface area contributed by atoms with E-state index in [1.165, 1.54) is 0 Å². The Labute approximate surface area is 129 Å². The van der Waals surface area contributed by atoms with E-state index < -0.39 is 12.3 Å².